The van der Waals surface area contributed by atoms with E-state index in [9.17, 15) is 28.9 Å². The van der Waals surface area contributed by atoms with Crippen LogP contribution in [0.3, 0.4) is 0 Å². The first-order chi connectivity index (χ1) is 14.2. The number of hydrogen-bond donors (Lipinski definition) is 0. The van der Waals surface area contributed by atoms with Crippen LogP contribution in [0.15, 0.2) is 48.5 Å². The predicted molar refractivity (Wildman–Crippen MR) is 106 cm³/mol. The van der Waals surface area contributed by atoms with Gasteiger partial charge in [-0.1, -0.05) is 6.92 Å². The Morgan fingerprint density at radius 2 is 1.80 bits per heavy atom. The second-order valence-corrected chi connectivity index (χ2v) is 7.04. The Bertz CT molecular complexity index is 991. The molecule has 8 nitrogen and oxygen atoms in total. The van der Waals surface area contributed by atoms with E-state index >= 15 is 0 Å². The maximum Gasteiger partial charge on any atom is 0.269 e. The third-order valence-electron chi connectivity index (χ3n) is 5.17. The number of hydrogen-bond acceptors (Lipinski definition) is 5. The molecule has 0 bridgehead atoms. The van der Waals surface area contributed by atoms with Crippen molar-refractivity contribution in [2.75, 3.05) is 4.90 Å². The lowest BCUT2D eigenvalue weighted by molar-refractivity contribution is -0.384. The van der Waals surface area contributed by atoms with Crippen LogP contribution < -0.4 is 4.90 Å². The van der Waals surface area contributed by atoms with Crippen LogP contribution in [-0.4, -0.2) is 39.6 Å². The van der Waals surface area contributed by atoms with Crippen molar-refractivity contribution in [3.05, 3.63) is 70.0 Å². The molecule has 3 rings (SSSR count). The summed E-state index contributed by atoms with van der Waals surface area (Å²) in [6, 6.07) is 8.68. The normalized spacial score (nSPS) is 17.2. The lowest BCUT2D eigenvalue weighted by atomic mass is 10.1. The largest absolute Gasteiger partial charge is 0.323 e. The van der Waals surface area contributed by atoms with Crippen LogP contribution >= 0.6 is 0 Å². The van der Waals surface area contributed by atoms with Gasteiger partial charge < -0.3 is 4.90 Å². The first-order valence-corrected chi connectivity index (χ1v) is 9.44. The summed E-state index contributed by atoms with van der Waals surface area (Å²) < 4.78 is 13.2. The Morgan fingerprint density at radius 1 is 1.20 bits per heavy atom. The Labute approximate surface area is 172 Å². The van der Waals surface area contributed by atoms with Gasteiger partial charge in [0.15, 0.2) is 0 Å². The number of benzene rings is 2. The van der Waals surface area contributed by atoms with E-state index in [0.717, 1.165) is 17.0 Å². The van der Waals surface area contributed by atoms with Crippen molar-refractivity contribution in [1.82, 2.24) is 4.90 Å². The summed E-state index contributed by atoms with van der Waals surface area (Å²) in [5, 5.41) is 10.8. The maximum atomic E-state index is 13.2. The zero-order valence-corrected chi connectivity index (χ0v) is 16.4. The fourth-order valence-electron chi connectivity index (χ4n) is 3.42. The molecule has 0 N–H and O–H groups in total. The first-order valence-electron chi connectivity index (χ1n) is 9.44. The molecule has 1 saturated heterocycles. The minimum absolute atomic E-state index is 0.156. The number of halogens is 1. The van der Waals surface area contributed by atoms with Gasteiger partial charge in [-0.25, -0.2) is 9.29 Å². The molecular formula is C21H20FN3O5. The summed E-state index contributed by atoms with van der Waals surface area (Å²) in [5.74, 6) is -2.04. The monoisotopic (exact) mass is 413 g/mol. The summed E-state index contributed by atoms with van der Waals surface area (Å²) in [5.41, 5.74) is 0.262. The second kappa shape index (κ2) is 8.40. The Hall–Kier alpha value is -3.62. The van der Waals surface area contributed by atoms with Gasteiger partial charge in [0, 0.05) is 23.7 Å². The molecule has 2 aromatic rings. The molecule has 30 heavy (non-hydrogen) atoms. The molecular weight excluding hydrogens is 393 g/mol. The SMILES string of the molecule is CCC(C)N(C(=O)c1ccc([N+](=O)[O-])cc1)C1CC(=O)N(c2ccc(F)cc2)C1=O. The molecule has 1 aliphatic heterocycles. The highest BCUT2D eigenvalue weighted by Gasteiger charge is 2.45. The van der Waals surface area contributed by atoms with Gasteiger partial charge in [0.2, 0.25) is 5.91 Å². The van der Waals surface area contributed by atoms with Crippen molar-refractivity contribution in [2.45, 2.75) is 38.8 Å². The van der Waals surface area contributed by atoms with Gasteiger partial charge in [-0.2, -0.15) is 0 Å². The molecule has 1 fully saturated rings. The van der Waals surface area contributed by atoms with Crippen molar-refractivity contribution in [1.29, 1.82) is 0 Å². The molecule has 0 radical (unpaired) electrons. The Morgan fingerprint density at radius 3 is 2.33 bits per heavy atom. The average Bonchev–Trinajstić information content (AvgIpc) is 3.02. The van der Waals surface area contributed by atoms with Gasteiger partial charge in [-0.05, 0) is 49.7 Å². The molecule has 0 spiro atoms. The maximum absolute atomic E-state index is 13.2. The van der Waals surface area contributed by atoms with Crippen LogP contribution in [0.1, 0.15) is 37.0 Å². The molecule has 3 amide bonds. The molecule has 0 aliphatic carbocycles. The summed E-state index contributed by atoms with van der Waals surface area (Å²) in [6.45, 7) is 3.61. The summed E-state index contributed by atoms with van der Waals surface area (Å²) >= 11 is 0. The van der Waals surface area contributed by atoms with Crippen LogP contribution in [-0.2, 0) is 9.59 Å². The number of carbonyl (C=O) groups excluding carboxylic acids is 3. The van der Waals surface area contributed by atoms with E-state index in [1.807, 2.05) is 6.92 Å². The standard InChI is InChI=1S/C21H20FN3O5/c1-3-13(2)23(20(27)14-4-8-17(9-5-14)25(29)30)18-12-19(26)24(21(18)28)16-10-6-15(22)7-11-16/h4-11,13,18H,3,12H2,1-2H3. The van der Waals surface area contributed by atoms with Crippen LogP contribution in [0.4, 0.5) is 15.8 Å². The summed E-state index contributed by atoms with van der Waals surface area (Å²) in [4.78, 5) is 51.4. The van der Waals surface area contributed by atoms with E-state index in [1.54, 1.807) is 6.92 Å². The Kier molecular flexibility index (Phi) is 5.91. The summed E-state index contributed by atoms with van der Waals surface area (Å²) in [6.07, 6.45) is 0.340. The molecule has 2 atom stereocenters. The van der Waals surface area contributed by atoms with Crippen LogP contribution in [0.2, 0.25) is 0 Å². The minimum atomic E-state index is -1.01. The van der Waals surface area contributed by atoms with E-state index in [-0.39, 0.29) is 29.4 Å². The third kappa shape index (κ3) is 3.91. The lowest BCUT2D eigenvalue weighted by Crippen LogP contribution is -2.49. The van der Waals surface area contributed by atoms with Crippen molar-refractivity contribution < 1.29 is 23.7 Å². The predicted octanol–water partition coefficient (Wildman–Crippen LogP) is 3.31. The van der Waals surface area contributed by atoms with Crippen LogP contribution in [0, 0.1) is 15.9 Å². The van der Waals surface area contributed by atoms with E-state index in [4.69, 9.17) is 0 Å². The van der Waals surface area contributed by atoms with Gasteiger partial charge in [-0.3, -0.25) is 24.5 Å². The van der Waals surface area contributed by atoms with Crippen molar-refractivity contribution in [2.24, 2.45) is 0 Å². The average molecular weight is 413 g/mol. The molecule has 1 heterocycles. The molecule has 0 saturated carbocycles. The second-order valence-electron chi connectivity index (χ2n) is 7.04. The number of imide groups is 1. The topological polar surface area (TPSA) is 101 Å². The zero-order valence-electron chi connectivity index (χ0n) is 16.4. The van der Waals surface area contributed by atoms with Gasteiger partial charge in [0.25, 0.3) is 17.5 Å². The van der Waals surface area contributed by atoms with Gasteiger partial charge in [0.1, 0.15) is 11.9 Å². The van der Waals surface area contributed by atoms with Crippen LogP contribution in [0.5, 0.6) is 0 Å². The fourth-order valence-corrected chi connectivity index (χ4v) is 3.42. The van der Waals surface area contributed by atoms with Gasteiger partial charge >= 0.3 is 0 Å². The number of nitrogens with zero attached hydrogens (tertiary/aromatic N) is 3. The van der Waals surface area contributed by atoms with E-state index < -0.39 is 34.5 Å². The molecule has 9 heteroatoms. The number of amides is 3. The fraction of sp³-hybridized carbons (Fsp3) is 0.286. The molecule has 0 aromatic heterocycles. The van der Waals surface area contributed by atoms with E-state index in [2.05, 4.69) is 0 Å². The van der Waals surface area contributed by atoms with Crippen molar-refractivity contribution >= 4 is 29.1 Å². The quantitative estimate of drug-likeness (QED) is 0.411. The van der Waals surface area contributed by atoms with Gasteiger partial charge in [0.05, 0.1) is 17.0 Å². The number of rotatable bonds is 6. The molecule has 2 unspecified atom stereocenters. The van der Waals surface area contributed by atoms with E-state index in [0.29, 0.717) is 6.42 Å². The minimum Gasteiger partial charge on any atom is -0.323 e. The number of nitro groups is 1. The van der Waals surface area contributed by atoms with Crippen LogP contribution in [0.25, 0.3) is 0 Å². The highest BCUT2D eigenvalue weighted by atomic mass is 19.1. The highest BCUT2D eigenvalue weighted by Crippen LogP contribution is 2.29. The molecule has 2 aromatic carbocycles. The van der Waals surface area contributed by atoms with Crippen molar-refractivity contribution in [3.63, 3.8) is 0 Å². The molecule has 1 aliphatic rings. The summed E-state index contributed by atoms with van der Waals surface area (Å²) in [7, 11) is 0. The number of anilines is 1. The molecule has 156 valence electrons. The zero-order chi connectivity index (χ0) is 22.0. The highest BCUT2D eigenvalue weighted by molar-refractivity contribution is 6.23. The number of non-ortho nitro benzene ring substituents is 1. The number of carbonyl (C=O) groups is 3. The van der Waals surface area contributed by atoms with E-state index in [1.165, 1.54) is 41.3 Å². The number of nitro benzene ring substituents is 1. The third-order valence-corrected chi connectivity index (χ3v) is 5.17. The first kappa shape index (κ1) is 21.1. The van der Waals surface area contributed by atoms with Crippen molar-refractivity contribution in [3.8, 4) is 0 Å². The smallest absolute Gasteiger partial charge is 0.269 e. The lowest BCUT2D eigenvalue weighted by Gasteiger charge is -2.33. The Balaban J connectivity index is 1.92. The van der Waals surface area contributed by atoms with Gasteiger partial charge in [-0.15, -0.1) is 0 Å².